The highest BCUT2D eigenvalue weighted by atomic mass is 35.5. The van der Waals surface area contributed by atoms with E-state index in [4.69, 9.17) is 28.9 Å². The molecule has 1 heterocycles. The maximum Gasteiger partial charge on any atom is 0.254 e. The van der Waals surface area contributed by atoms with Crippen molar-refractivity contribution in [2.45, 2.75) is 51.1 Å². The number of hydrogen-bond donors (Lipinski definition) is 2. The maximum absolute atomic E-state index is 12.8. The number of amides is 2. The molecule has 26 heavy (non-hydrogen) atoms. The molecule has 8 heteroatoms. The molecule has 1 fully saturated rings. The number of rotatable bonds is 7. The van der Waals surface area contributed by atoms with E-state index < -0.39 is 6.04 Å². The van der Waals surface area contributed by atoms with Crippen molar-refractivity contribution >= 4 is 47.4 Å². The molecule has 0 aliphatic carbocycles. The van der Waals surface area contributed by atoms with E-state index in [9.17, 15) is 9.59 Å². The van der Waals surface area contributed by atoms with Crippen LogP contribution in [0.3, 0.4) is 0 Å². The summed E-state index contributed by atoms with van der Waals surface area (Å²) in [5.41, 5.74) is 6.19. The minimum Gasteiger partial charge on any atom is -0.350 e. The predicted molar refractivity (Wildman–Crippen MR) is 108 cm³/mol. The Bertz CT molecular complexity index is 628. The number of carbonyl (C=O) groups excluding carboxylic acids is 2. The summed E-state index contributed by atoms with van der Waals surface area (Å²) in [5, 5.41) is 3.72. The summed E-state index contributed by atoms with van der Waals surface area (Å²) in [5.74, 6) is -0.327. The first kappa shape index (κ1) is 23.0. The van der Waals surface area contributed by atoms with Gasteiger partial charge in [0, 0.05) is 24.7 Å². The van der Waals surface area contributed by atoms with Crippen molar-refractivity contribution in [3.63, 3.8) is 0 Å². The highest BCUT2D eigenvalue weighted by Gasteiger charge is 2.35. The molecule has 0 aromatic heterocycles. The van der Waals surface area contributed by atoms with Crippen molar-refractivity contribution in [3.05, 3.63) is 33.8 Å². The van der Waals surface area contributed by atoms with Crippen LogP contribution in [0.2, 0.25) is 10.0 Å². The van der Waals surface area contributed by atoms with Crippen LogP contribution in [0.5, 0.6) is 0 Å². The van der Waals surface area contributed by atoms with Crippen molar-refractivity contribution in [2.24, 2.45) is 5.73 Å². The van der Waals surface area contributed by atoms with Crippen molar-refractivity contribution in [1.82, 2.24) is 10.2 Å². The third-order valence-corrected chi connectivity index (χ3v) is 5.26. The third kappa shape index (κ3) is 5.74. The molecule has 2 unspecified atom stereocenters. The normalized spacial score (nSPS) is 17.5. The summed E-state index contributed by atoms with van der Waals surface area (Å²) in [7, 11) is 0. The Hall–Kier alpha value is -1.01. The van der Waals surface area contributed by atoms with E-state index in [1.807, 2.05) is 0 Å². The summed E-state index contributed by atoms with van der Waals surface area (Å²) >= 11 is 11.9. The maximum atomic E-state index is 12.8. The molecule has 3 N–H and O–H groups in total. The Labute approximate surface area is 171 Å². The van der Waals surface area contributed by atoms with E-state index in [0.717, 1.165) is 25.7 Å². The summed E-state index contributed by atoms with van der Waals surface area (Å²) in [6.45, 7) is 3.06. The van der Waals surface area contributed by atoms with E-state index in [-0.39, 0.29) is 30.3 Å². The first-order chi connectivity index (χ1) is 12.0. The number of benzene rings is 1. The minimum atomic E-state index is -0.461. The molecular weight excluding hydrogens is 397 g/mol. The molecule has 0 saturated carbocycles. The average molecular weight is 423 g/mol. The lowest BCUT2D eigenvalue weighted by Gasteiger charge is -2.26. The van der Waals surface area contributed by atoms with Gasteiger partial charge in [-0.25, -0.2) is 0 Å². The SMILES string of the molecule is CCCCC(CN)NC(=O)C1CCCN1C(=O)c1ccc(Cl)c(Cl)c1.Cl. The van der Waals surface area contributed by atoms with E-state index >= 15 is 0 Å². The van der Waals surface area contributed by atoms with Gasteiger partial charge < -0.3 is 16.0 Å². The molecule has 1 aliphatic heterocycles. The van der Waals surface area contributed by atoms with Crippen LogP contribution < -0.4 is 11.1 Å². The van der Waals surface area contributed by atoms with Gasteiger partial charge >= 0.3 is 0 Å². The van der Waals surface area contributed by atoms with Gasteiger partial charge in [0.1, 0.15) is 6.04 Å². The Balaban J connectivity index is 0.00000338. The molecule has 1 aromatic carbocycles. The van der Waals surface area contributed by atoms with Crippen LogP contribution in [-0.4, -0.2) is 41.9 Å². The van der Waals surface area contributed by atoms with E-state index in [0.29, 0.717) is 35.1 Å². The summed E-state index contributed by atoms with van der Waals surface area (Å²) in [4.78, 5) is 27.0. The Morgan fingerprint density at radius 2 is 2.08 bits per heavy atom. The van der Waals surface area contributed by atoms with Crippen LogP contribution in [0.25, 0.3) is 0 Å². The molecule has 5 nitrogen and oxygen atoms in total. The number of nitrogens with two attached hydrogens (primary N) is 1. The third-order valence-electron chi connectivity index (χ3n) is 4.52. The quantitative estimate of drug-likeness (QED) is 0.704. The van der Waals surface area contributed by atoms with Gasteiger partial charge in [0.15, 0.2) is 0 Å². The number of halogens is 3. The number of nitrogens with zero attached hydrogens (tertiary/aromatic N) is 1. The second-order valence-electron chi connectivity index (χ2n) is 6.37. The van der Waals surface area contributed by atoms with E-state index in [1.54, 1.807) is 23.1 Å². The van der Waals surface area contributed by atoms with Gasteiger partial charge in [0.05, 0.1) is 10.0 Å². The smallest absolute Gasteiger partial charge is 0.254 e. The highest BCUT2D eigenvalue weighted by molar-refractivity contribution is 6.42. The summed E-state index contributed by atoms with van der Waals surface area (Å²) in [6.07, 6.45) is 4.38. The molecule has 146 valence electrons. The number of unbranched alkanes of at least 4 members (excludes halogenated alkanes) is 1. The van der Waals surface area contributed by atoms with Crippen molar-refractivity contribution < 1.29 is 9.59 Å². The fourth-order valence-electron chi connectivity index (χ4n) is 3.07. The molecule has 1 aromatic rings. The lowest BCUT2D eigenvalue weighted by atomic mass is 10.1. The standard InChI is InChI=1S/C18H25Cl2N3O2.ClH/c1-2-3-5-13(11-21)22-17(24)16-6-4-9-23(16)18(25)12-7-8-14(19)15(20)10-12;/h7-8,10,13,16H,2-6,9,11,21H2,1H3,(H,22,24);1H. The highest BCUT2D eigenvalue weighted by Crippen LogP contribution is 2.26. The van der Waals surface area contributed by atoms with Crippen LogP contribution in [-0.2, 0) is 4.79 Å². The molecule has 1 aliphatic rings. The van der Waals surface area contributed by atoms with Crippen LogP contribution in [0, 0.1) is 0 Å². The lowest BCUT2D eigenvalue weighted by Crippen LogP contribution is -2.50. The molecule has 0 bridgehead atoms. The lowest BCUT2D eigenvalue weighted by molar-refractivity contribution is -0.125. The monoisotopic (exact) mass is 421 g/mol. The molecule has 1 saturated heterocycles. The van der Waals surface area contributed by atoms with Crippen LogP contribution in [0.15, 0.2) is 18.2 Å². The largest absolute Gasteiger partial charge is 0.350 e. The topological polar surface area (TPSA) is 75.4 Å². The van der Waals surface area contributed by atoms with Crippen molar-refractivity contribution in [3.8, 4) is 0 Å². The van der Waals surface area contributed by atoms with Gasteiger partial charge in [-0.3, -0.25) is 9.59 Å². The zero-order valence-corrected chi connectivity index (χ0v) is 17.2. The first-order valence-electron chi connectivity index (χ1n) is 8.74. The molecule has 2 amide bonds. The van der Waals surface area contributed by atoms with E-state index in [2.05, 4.69) is 12.2 Å². The van der Waals surface area contributed by atoms with Gasteiger partial charge in [-0.15, -0.1) is 12.4 Å². The molecule has 2 atom stereocenters. The summed E-state index contributed by atoms with van der Waals surface area (Å²) < 4.78 is 0. The summed E-state index contributed by atoms with van der Waals surface area (Å²) in [6, 6.07) is 4.27. The zero-order valence-electron chi connectivity index (χ0n) is 14.8. The Kier molecular flexibility index (Phi) is 9.72. The molecule has 0 spiro atoms. The number of likely N-dealkylation sites (tertiary alicyclic amines) is 1. The molecular formula is C18H26Cl3N3O2. The van der Waals surface area contributed by atoms with Gasteiger partial charge in [0.25, 0.3) is 5.91 Å². The minimum absolute atomic E-state index is 0. The number of nitrogens with one attached hydrogen (secondary N) is 1. The number of carbonyl (C=O) groups is 2. The molecule has 2 rings (SSSR count). The fraction of sp³-hybridized carbons (Fsp3) is 0.556. The Morgan fingerprint density at radius 1 is 1.35 bits per heavy atom. The second-order valence-corrected chi connectivity index (χ2v) is 7.18. The van der Waals surface area contributed by atoms with Gasteiger partial charge in [0.2, 0.25) is 5.91 Å². The van der Waals surface area contributed by atoms with Gasteiger partial charge in [-0.1, -0.05) is 43.0 Å². The van der Waals surface area contributed by atoms with E-state index in [1.165, 1.54) is 0 Å². The fourth-order valence-corrected chi connectivity index (χ4v) is 3.37. The first-order valence-corrected chi connectivity index (χ1v) is 9.50. The average Bonchev–Trinajstić information content (AvgIpc) is 3.10. The predicted octanol–water partition coefficient (Wildman–Crippen LogP) is 3.65. The number of hydrogen-bond acceptors (Lipinski definition) is 3. The van der Waals surface area contributed by atoms with Gasteiger partial charge in [-0.05, 0) is 37.5 Å². The van der Waals surface area contributed by atoms with Crippen LogP contribution in [0.4, 0.5) is 0 Å². The van der Waals surface area contributed by atoms with Crippen LogP contribution >= 0.6 is 35.6 Å². The van der Waals surface area contributed by atoms with Crippen molar-refractivity contribution in [1.29, 1.82) is 0 Å². The van der Waals surface area contributed by atoms with Gasteiger partial charge in [-0.2, -0.15) is 0 Å². The van der Waals surface area contributed by atoms with Crippen molar-refractivity contribution in [2.75, 3.05) is 13.1 Å². The molecule has 0 radical (unpaired) electrons. The Morgan fingerprint density at radius 3 is 2.69 bits per heavy atom. The van der Waals surface area contributed by atoms with Crippen LogP contribution in [0.1, 0.15) is 49.4 Å². The zero-order chi connectivity index (χ0) is 18.4. The second kappa shape index (κ2) is 11.0.